The molecule has 0 bridgehead atoms. The number of aliphatic carboxylic acids is 1. The highest BCUT2D eigenvalue weighted by atomic mass is 35.5. The molecule has 2 atom stereocenters. The minimum Gasteiger partial charge on any atom is -0.481 e. The van der Waals surface area contributed by atoms with Crippen molar-refractivity contribution < 1.29 is 9.90 Å². The largest absolute Gasteiger partial charge is 0.481 e. The molecule has 0 unspecified atom stereocenters. The molecule has 1 fully saturated rings. The van der Waals surface area contributed by atoms with E-state index in [9.17, 15) is 4.79 Å². The van der Waals surface area contributed by atoms with E-state index < -0.39 is 5.97 Å². The van der Waals surface area contributed by atoms with E-state index in [1.807, 2.05) is 13.0 Å². The highest BCUT2D eigenvalue weighted by Crippen LogP contribution is 2.27. The molecule has 1 heterocycles. The number of nitrogens with zero attached hydrogens (tertiary/aromatic N) is 1. The first-order valence-corrected chi connectivity index (χ1v) is 6.62. The zero-order valence-corrected chi connectivity index (χ0v) is 11.6. The summed E-state index contributed by atoms with van der Waals surface area (Å²) in [6.45, 7) is 4.01. The minimum atomic E-state index is -0.716. The van der Waals surface area contributed by atoms with Gasteiger partial charge in [-0.1, -0.05) is 36.2 Å². The van der Waals surface area contributed by atoms with Gasteiger partial charge in [-0.2, -0.15) is 0 Å². The summed E-state index contributed by atoms with van der Waals surface area (Å²) >= 11 is 12.0. The maximum atomic E-state index is 11.1. The van der Waals surface area contributed by atoms with Crippen molar-refractivity contribution in [3.8, 4) is 0 Å². The van der Waals surface area contributed by atoms with Gasteiger partial charge < -0.3 is 5.11 Å². The van der Waals surface area contributed by atoms with Crippen molar-refractivity contribution in [1.29, 1.82) is 0 Å². The Labute approximate surface area is 116 Å². The van der Waals surface area contributed by atoms with E-state index in [1.165, 1.54) is 0 Å². The molecule has 1 aliphatic rings. The van der Waals surface area contributed by atoms with Crippen LogP contribution in [0.1, 0.15) is 12.5 Å². The first-order chi connectivity index (χ1) is 8.47. The topological polar surface area (TPSA) is 40.5 Å². The van der Waals surface area contributed by atoms with Crippen LogP contribution in [0, 0.1) is 11.8 Å². The Morgan fingerprint density at radius 1 is 1.44 bits per heavy atom. The van der Waals surface area contributed by atoms with Gasteiger partial charge in [0.05, 0.1) is 5.92 Å². The van der Waals surface area contributed by atoms with Gasteiger partial charge in [-0.15, -0.1) is 0 Å². The summed E-state index contributed by atoms with van der Waals surface area (Å²) in [7, 11) is 0. The zero-order chi connectivity index (χ0) is 13.3. The molecule has 5 heteroatoms. The lowest BCUT2D eigenvalue weighted by Gasteiger charge is -2.16. The number of hydrogen-bond acceptors (Lipinski definition) is 2. The summed E-state index contributed by atoms with van der Waals surface area (Å²) in [5.74, 6) is -0.822. The second-order valence-electron chi connectivity index (χ2n) is 4.85. The van der Waals surface area contributed by atoms with Crippen molar-refractivity contribution in [2.45, 2.75) is 13.5 Å². The van der Waals surface area contributed by atoms with Gasteiger partial charge in [0, 0.05) is 29.7 Å². The van der Waals surface area contributed by atoms with Crippen LogP contribution in [-0.4, -0.2) is 29.1 Å². The summed E-state index contributed by atoms with van der Waals surface area (Å²) in [4.78, 5) is 13.2. The molecule has 1 N–H and O–H groups in total. The van der Waals surface area contributed by atoms with Crippen molar-refractivity contribution in [3.05, 3.63) is 33.8 Å². The summed E-state index contributed by atoms with van der Waals surface area (Å²) in [6.07, 6.45) is 0. The Bertz CT molecular complexity index is 464. The molecule has 0 spiro atoms. The average molecular weight is 288 g/mol. The molecule has 1 saturated heterocycles. The standard InChI is InChI=1S/C13H15Cl2NO2/c1-8-5-16(7-11(8)13(17)18)6-9-2-3-10(14)4-12(9)15/h2-4,8,11H,5-7H2,1H3,(H,17,18)/t8-,11-/m1/s1. The highest BCUT2D eigenvalue weighted by Gasteiger charge is 2.34. The third kappa shape index (κ3) is 2.97. The van der Waals surface area contributed by atoms with Crippen LogP contribution >= 0.6 is 23.2 Å². The zero-order valence-electron chi connectivity index (χ0n) is 10.1. The molecule has 0 amide bonds. The van der Waals surface area contributed by atoms with Gasteiger partial charge in [0.1, 0.15) is 0 Å². The maximum Gasteiger partial charge on any atom is 0.308 e. The quantitative estimate of drug-likeness (QED) is 0.929. The molecule has 0 radical (unpaired) electrons. The smallest absolute Gasteiger partial charge is 0.308 e. The van der Waals surface area contributed by atoms with Gasteiger partial charge in [-0.05, 0) is 23.6 Å². The lowest BCUT2D eigenvalue weighted by Crippen LogP contribution is -2.23. The van der Waals surface area contributed by atoms with Crippen LogP contribution < -0.4 is 0 Å². The lowest BCUT2D eigenvalue weighted by molar-refractivity contribution is -0.142. The molecular formula is C13H15Cl2NO2. The third-order valence-corrected chi connectivity index (χ3v) is 4.00. The van der Waals surface area contributed by atoms with Gasteiger partial charge in [0.2, 0.25) is 0 Å². The van der Waals surface area contributed by atoms with Crippen molar-refractivity contribution >= 4 is 29.2 Å². The monoisotopic (exact) mass is 287 g/mol. The number of likely N-dealkylation sites (tertiary alicyclic amines) is 1. The van der Waals surface area contributed by atoms with E-state index in [0.29, 0.717) is 23.1 Å². The van der Waals surface area contributed by atoms with Crippen molar-refractivity contribution in [2.24, 2.45) is 11.8 Å². The van der Waals surface area contributed by atoms with Gasteiger partial charge in [0.15, 0.2) is 0 Å². The van der Waals surface area contributed by atoms with Crippen LogP contribution in [-0.2, 0) is 11.3 Å². The fourth-order valence-corrected chi connectivity index (χ4v) is 2.88. The molecule has 18 heavy (non-hydrogen) atoms. The lowest BCUT2D eigenvalue weighted by atomic mass is 9.99. The Morgan fingerprint density at radius 2 is 2.17 bits per heavy atom. The van der Waals surface area contributed by atoms with E-state index >= 15 is 0 Å². The molecule has 1 aliphatic heterocycles. The number of halogens is 2. The molecule has 1 aromatic carbocycles. The molecule has 2 rings (SSSR count). The maximum absolute atomic E-state index is 11.1. The van der Waals surface area contributed by atoms with Crippen LogP contribution in [0.5, 0.6) is 0 Å². The average Bonchev–Trinajstić information content (AvgIpc) is 2.64. The molecule has 0 saturated carbocycles. The van der Waals surface area contributed by atoms with E-state index in [1.54, 1.807) is 12.1 Å². The predicted molar refractivity (Wildman–Crippen MR) is 72.0 cm³/mol. The van der Waals surface area contributed by atoms with Gasteiger partial charge in [-0.3, -0.25) is 9.69 Å². The van der Waals surface area contributed by atoms with E-state index in [0.717, 1.165) is 12.1 Å². The van der Waals surface area contributed by atoms with E-state index in [-0.39, 0.29) is 11.8 Å². The Hall–Kier alpha value is -0.770. The third-order valence-electron chi connectivity index (χ3n) is 3.41. The molecule has 1 aromatic rings. The predicted octanol–water partition coefficient (Wildman–Crippen LogP) is 3.15. The summed E-state index contributed by atoms with van der Waals surface area (Å²) < 4.78 is 0. The summed E-state index contributed by atoms with van der Waals surface area (Å²) in [5, 5.41) is 10.3. The second-order valence-corrected chi connectivity index (χ2v) is 5.70. The highest BCUT2D eigenvalue weighted by molar-refractivity contribution is 6.35. The number of carboxylic acids is 1. The Balaban J connectivity index is 2.05. The van der Waals surface area contributed by atoms with E-state index in [4.69, 9.17) is 28.3 Å². The Kier molecular flexibility index (Phi) is 4.15. The molecule has 98 valence electrons. The normalized spacial score (nSPS) is 24.4. The SMILES string of the molecule is C[C@@H]1CN(Cc2ccc(Cl)cc2Cl)C[C@H]1C(=O)O. The number of carboxylic acid groups (broad SMARTS) is 1. The van der Waals surface area contributed by atoms with Gasteiger partial charge in [-0.25, -0.2) is 0 Å². The van der Waals surface area contributed by atoms with Crippen LogP contribution in [0.15, 0.2) is 18.2 Å². The van der Waals surface area contributed by atoms with Gasteiger partial charge in [0.25, 0.3) is 0 Å². The minimum absolute atomic E-state index is 0.175. The van der Waals surface area contributed by atoms with Crippen molar-refractivity contribution in [3.63, 3.8) is 0 Å². The Morgan fingerprint density at radius 3 is 2.72 bits per heavy atom. The fourth-order valence-electron chi connectivity index (χ4n) is 2.41. The molecule has 0 aromatic heterocycles. The van der Waals surface area contributed by atoms with Crippen molar-refractivity contribution in [1.82, 2.24) is 4.90 Å². The van der Waals surface area contributed by atoms with Crippen LogP contribution in [0.3, 0.4) is 0 Å². The number of benzene rings is 1. The van der Waals surface area contributed by atoms with Crippen LogP contribution in [0.4, 0.5) is 0 Å². The van der Waals surface area contributed by atoms with Crippen LogP contribution in [0.2, 0.25) is 10.0 Å². The summed E-state index contributed by atoms with van der Waals surface area (Å²) in [6, 6.07) is 5.41. The van der Waals surface area contributed by atoms with Crippen molar-refractivity contribution in [2.75, 3.05) is 13.1 Å². The van der Waals surface area contributed by atoms with E-state index in [2.05, 4.69) is 4.90 Å². The first-order valence-electron chi connectivity index (χ1n) is 5.86. The van der Waals surface area contributed by atoms with Crippen LogP contribution in [0.25, 0.3) is 0 Å². The fraction of sp³-hybridized carbons (Fsp3) is 0.462. The second kappa shape index (κ2) is 5.47. The molecule has 3 nitrogen and oxygen atoms in total. The first kappa shape index (κ1) is 13.7. The number of carbonyl (C=O) groups is 1. The number of rotatable bonds is 3. The molecular weight excluding hydrogens is 273 g/mol. The summed E-state index contributed by atoms with van der Waals surface area (Å²) in [5.41, 5.74) is 0.985. The number of hydrogen-bond donors (Lipinski definition) is 1. The molecule has 0 aliphatic carbocycles. The van der Waals surface area contributed by atoms with Gasteiger partial charge >= 0.3 is 5.97 Å².